The Morgan fingerprint density at radius 1 is 0.964 bits per heavy atom. The Hall–Kier alpha value is -2.10. The Balaban J connectivity index is 1.13. The van der Waals surface area contributed by atoms with Gasteiger partial charge in [0.2, 0.25) is 0 Å². The number of aromatic amines is 1. The van der Waals surface area contributed by atoms with Crippen LogP contribution in [0.4, 0.5) is 0 Å². The maximum atomic E-state index is 5.98. The lowest BCUT2D eigenvalue weighted by Gasteiger charge is -2.45. The minimum atomic E-state index is 0.259. The number of ether oxygens (including phenoxy) is 1. The Bertz CT molecular complexity index is 936. The number of nitrogens with one attached hydrogen (secondary N) is 1. The second-order valence-corrected chi connectivity index (χ2v) is 8.59. The summed E-state index contributed by atoms with van der Waals surface area (Å²) in [5, 5.41) is 1.39. The Morgan fingerprint density at radius 3 is 2.71 bits per heavy atom. The molecule has 0 aliphatic carbocycles. The van der Waals surface area contributed by atoms with Gasteiger partial charge >= 0.3 is 0 Å². The molecule has 5 rings (SSSR count). The van der Waals surface area contributed by atoms with Crippen molar-refractivity contribution < 1.29 is 4.74 Å². The molecule has 0 unspecified atom stereocenters. The number of H-pyrrole nitrogens is 1. The van der Waals surface area contributed by atoms with Crippen LogP contribution in [-0.4, -0.2) is 36.1 Å². The maximum absolute atomic E-state index is 5.98. The average molecular weight is 375 g/mol. The molecule has 0 radical (unpaired) electrons. The molecule has 28 heavy (non-hydrogen) atoms. The number of aromatic nitrogens is 1. The van der Waals surface area contributed by atoms with Gasteiger partial charge in [0.1, 0.15) is 0 Å². The van der Waals surface area contributed by atoms with E-state index in [1.165, 1.54) is 73.8 Å². The molecule has 0 amide bonds. The van der Waals surface area contributed by atoms with Crippen LogP contribution in [0.3, 0.4) is 0 Å². The molecule has 1 saturated heterocycles. The number of likely N-dealkylation sites (tertiary alicyclic amines) is 1. The fourth-order valence-electron chi connectivity index (χ4n) is 5.21. The molecular formula is C25H30N2O. The standard InChI is InChI=1S/C25H30N2O/c1-3-10-23-21(8-1)18-28-19-25(23)12-15-27(16-13-25)14-6-5-7-20-17-26-24-11-4-2-9-22(20)24/h1-4,8-11,17,26H,5-7,12-16,18-19H2. The monoisotopic (exact) mass is 374 g/mol. The molecule has 1 aromatic heterocycles. The van der Waals surface area contributed by atoms with Gasteiger partial charge in [0.05, 0.1) is 13.2 Å². The fraction of sp³-hybridized carbons (Fsp3) is 0.440. The fourth-order valence-corrected chi connectivity index (χ4v) is 5.21. The minimum absolute atomic E-state index is 0.259. The number of piperidine rings is 1. The van der Waals surface area contributed by atoms with Crippen LogP contribution in [0.15, 0.2) is 54.7 Å². The molecule has 0 bridgehead atoms. The summed E-state index contributed by atoms with van der Waals surface area (Å²) in [6, 6.07) is 17.6. The van der Waals surface area contributed by atoms with Crippen molar-refractivity contribution in [2.24, 2.45) is 0 Å². The SMILES string of the molecule is c1ccc2c(c1)COCC21CCN(CCCCc2c[nH]c3ccccc23)CC1. The van der Waals surface area contributed by atoms with Gasteiger partial charge in [-0.2, -0.15) is 0 Å². The number of rotatable bonds is 5. The van der Waals surface area contributed by atoms with Gasteiger partial charge in [0.25, 0.3) is 0 Å². The first-order valence-electron chi connectivity index (χ1n) is 10.8. The topological polar surface area (TPSA) is 28.3 Å². The number of aryl methyl sites for hydroxylation is 1. The van der Waals surface area contributed by atoms with Crippen LogP contribution >= 0.6 is 0 Å². The van der Waals surface area contributed by atoms with Gasteiger partial charge in [0, 0.05) is 22.5 Å². The van der Waals surface area contributed by atoms with Gasteiger partial charge in [-0.3, -0.25) is 0 Å². The summed E-state index contributed by atoms with van der Waals surface area (Å²) in [5.41, 5.74) is 5.94. The summed E-state index contributed by atoms with van der Waals surface area (Å²) in [5.74, 6) is 0. The zero-order valence-electron chi connectivity index (χ0n) is 16.6. The average Bonchev–Trinajstić information content (AvgIpc) is 3.16. The smallest absolute Gasteiger partial charge is 0.0720 e. The first kappa shape index (κ1) is 18.0. The molecule has 2 aliphatic rings. The highest BCUT2D eigenvalue weighted by Crippen LogP contribution is 2.40. The summed E-state index contributed by atoms with van der Waals surface area (Å²) >= 11 is 0. The van der Waals surface area contributed by atoms with Gasteiger partial charge in [-0.15, -0.1) is 0 Å². The van der Waals surface area contributed by atoms with Crippen LogP contribution < -0.4 is 0 Å². The van der Waals surface area contributed by atoms with Gasteiger partial charge in [-0.05, 0) is 74.5 Å². The van der Waals surface area contributed by atoms with Crippen LogP contribution in [0, 0.1) is 0 Å². The quantitative estimate of drug-likeness (QED) is 0.633. The van der Waals surface area contributed by atoms with Crippen molar-refractivity contribution in [3.05, 3.63) is 71.4 Å². The Kier molecular flexibility index (Phi) is 4.96. The van der Waals surface area contributed by atoms with Crippen LogP contribution in [0.1, 0.15) is 42.4 Å². The van der Waals surface area contributed by atoms with E-state index in [2.05, 4.69) is 64.6 Å². The van der Waals surface area contributed by atoms with Gasteiger partial charge < -0.3 is 14.6 Å². The van der Waals surface area contributed by atoms with Gasteiger partial charge in [-0.25, -0.2) is 0 Å². The Labute approximate surface area is 167 Å². The number of hydrogen-bond acceptors (Lipinski definition) is 2. The number of benzene rings is 2. The van der Waals surface area contributed by atoms with Crippen molar-refractivity contribution in [2.75, 3.05) is 26.2 Å². The highest BCUT2D eigenvalue weighted by Gasteiger charge is 2.39. The summed E-state index contributed by atoms with van der Waals surface area (Å²) in [4.78, 5) is 6.06. The third kappa shape index (κ3) is 3.38. The zero-order valence-corrected chi connectivity index (χ0v) is 16.6. The summed E-state index contributed by atoms with van der Waals surface area (Å²) in [7, 11) is 0. The van der Waals surface area contributed by atoms with E-state index in [-0.39, 0.29) is 5.41 Å². The Morgan fingerprint density at radius 2 is 1.79 bits per heavy atom. The van der Waals surface area contributed by atoms with E-state index in [9.17, 15) is 0 Å². The first-order chi connectivity index (χ1) is 13.8. The van der Waals surface area contributed by atoms with E-state index < -0.39 is 0 Å². The molecule has 2 aliphatic heterocycles. The largest absolute Gasteiger partial charge is 0.376 e. The molecule has 0 saturated carbocycles. The molecular weight excluding hydrogens is 344 g/mol. The molecule has 146 valence electrons. The van der Waals surface area contributed by atoms with Crippen molar-refractivity contribution in [1.82, 2.24) is 9.88 Å². The maximum Gasteiger partial charge on any atom is 0.0720 e. The lowest BCUT2D eigenvalue weighted by molar-refractivity contribution is 0.0185. The number of nitrogens with zero attached hydrogens (tertiary/aromatic N) is 1. The van der Waals surface area contributed by atoms with Crippen LogP contribution in [0.5, 0.6) is 0 Å². The van der Waals surface area contributed by atoms with Crippen LogP contribution in [-0.2, 0) is 23.2 Å². The molecule has 2 aromatic carbocycles. The number of unbranched alkanes of at least 4 members (excludes halogenated alkanes) is 1. The van der Waals surface area contributed by atoms with Crippen LogP contribution in [0.25, 0.3) is 10.9 Å². The number of hydrogen-bond donors (Lipinski definition) is 1. The van der Waals surface area contributed by atoms with Crippen molar-refractivity contribution in [3.8, 4) is 0 Å². The van der Waals surface area contributed by atoms with E-state index in [4.69, 9.17) is 4.74 Å². The van der Waals surface area contributed by atoms with Crippen molar-refractivity contribution >= 4 is 10.9 Å². The predicted octanol–water partition coefficient (Wildman–Crippen LogP) is 5.05. The van der Waals surface area contributed by atoms with Gasteiger partial charge in [-0.1, -0.05) is 42.5 Å². The van der Waals surface area contributed by atoms with E-state index in [1.807, 2.05) is 0 Å². The van der Waals surface area contributed by atoms with Gasteiger partial charge in [0.15, 0.2) is 0 Å². The third-order valence-corrected chi connectivity index (χ3v) is 6.88. The highest BCUT2D eigenvalue weighted by atomic mass is 16.5. The normalized spacial score (nSPS) is 19.1. The molecule has 1 N–H and O–H groups in total. The second-order valence-electron chi connectivity index (χ2n) is 8.59. The van der Waals surface area contributed by atoms with E-state index in [0.29, 0.717) is 0 Å². The summed E-state index contributed by atoms with van der Waals surface area (Å²) in [6.07, 6.45) is 8.35. The summed E-state index contributed by atoms with van der Waals surface area (Å²) < 4.78 is 5.98. The first-order valence-corrected chi connectivity index (χ1v) is 10.8. The van der Waals surface area contributed by atoms with Crippen molar-refractivity contribution in [1.29, 1.82) is 0 Å². The molecule has 3 heteroatoms. The van der Waals surface area contributed by atoms with E-state index in [1.54, 1.807) is 5.56 Å². The summed E-state index contributed by atoms with van der Waals surface area (Å²) in [6.45, 7) is 5.31. The van der Waals surface area contributed by atoms with Crippen molar-refractivity contribution in [3.63, 3.8) is 0 Å². The second kappa shape index (κ2) is 7.73. The van der Waals surface area contributed by atoms with Crippen LogP contribution in [0.2, 0.25) is 0 Å². The highest BCUT2D eigenvalue weighted by molar-refractivity contribution is 5.82. The molecule has 3 heterocycles. The molecule has 1 fully saturated rings. The van der Waals surface area contributed by atoms with E-state index in [0.717, 1.165) is 13.2 Å². The number of fused-ring (bicyclic) bond motifs is 3. The molecule has 3 nitrogen and oxygen atoms in total. The predicted molar refractivity (Wildman–Crippen MR) is 115 cm³/mol. The zero-order chi connectivity index (χ0) is 18.8. The molecule has 1 spiro atoms. The lowest BCUT2D eigenvalue weighted by atomic mass is 9.70. The van der Waals surface area contributed by atoms with E-state index >= 15 is 0 Å². The van der Waals surface area contributed by atoms with Crippen molar-refractivity contribution in [2.45, 2.75) is 44.1 Å². The molecule has 0 atom stereocenters. The number of para-hydroxylation sites is 1. The lowest BCUT2D eigenvalue weighted by Crippen LogP contribution is -2.47. The minimum Gasteiger partial charge on any atom is -0.376 e. The third-order valence-electron chi connectivity index (χ3n) is 6.88. The molecule has 3 aromatic rings.